The third-order valence-corrected chi connectivity index (χ3v) is 3.47. The zero-order valence-electron chi connectivity index (χ0n) is 13.8. The fourth-order valence-electron chi connectivity index (χ4n) is 2.26. The van der Waals surface area contributed by atoms with Crippen LogP contribution in [0.4, 0.5) is 10.5 Å². The predicted octanol–water partition coefficient (Wildman–Crippen LogP) is 3.27. The number of aromatic amines is 1. The number of aryl methyl sites for hydroxylation is 1. The van der Waals surface area contributed by atoms with Crippen molar-refractivity contribution in [1.29, 1.82) is 0 Å². The highest BCUT2D eigenvalue weighted by Crippen LogP contribution is 2.30. The van der Waals surface area contributed by atoms with Crippen LogP contribution < -0.4 is 15.4 Å². The van der Waals surface area contributed by atoms with E-state index in [1.54, 1.807) is 0 Å². The number of carbonyl (C=O) groups is 1. The number of rotatable bonds is 6. The smallest absolute Gasteiger partial charge is 0.319 e. The van der Waals surface area contributed by atoms with Crippen molar-refractivity contribution in [3.05, 3.63) is 66.2 Å². The van der Waals surface area contributed by atoms with Gasteiger partial charge in [-0.05, 0) is 36.8 Å². The number of aromatic nitrogens is 3. The summed E-state index contributed by atoms with van der Waals surface area (Å²) in [4.78, 5) is 16.1. The Bertz CT molecular complexity index is 819. The number of para-hydroxylation sites is 1. The number of carbonyl (C=O) groups excluding carboxylic acids is 1. The monoisotopic (exact) mass is 337 g/mol. The molecule has 0 spiro atoms. The minimum absolute atomic E-state index is 0.303. The minimum atomic E-state index is -0.303. The van der Waals surface area contributed by atoms with Gasteiger partial charge in [-0.2, -0.15) is 5.10 Å². The van der Waals surface area contributed by atoms with Gasteiger partial charge < -0.3 is 15.4 Å². The maximum atomic E-state index is 12.1. The van der Waals surface area contributed by atoms with Gasteiger partial charge in [0, 0.05) is 13.0 Å². The zero-order valence-corrected chi connectivity index (χ0v) is 13.8. The van der Waals surface area contributed by atoms with E-state index >= 15 is 0 Å². The van der Waals surface area contributed by atoms with Crippen LogP contribution in [0.2, 0.25) is 0 Å². The Morgan fingerprint density at radius 1 is 1.20 bits per heavy atom. The number of urea groups is 1. The second kappa shape index (κ2) is 7.96. The van der Waals surface area contributed by atoms with E-state index in [1.165, 1.54) is 6.33 Å². The molecule has 7 nitrogen and oxygen atoms in total. The quantitative estimate of drug-likeness (QED) is 0.644. The van der Waals surface area contributed by atoms with E-state index in [2.05, 4.69) is 25.8 Å². The van der Waals surface area contributed by atoms with Gasteiger partial charge in [0.1, 0.15) is 17.9 Å². The molecule has 0 saturated carbocycles. The Labute approximate surface area is 145 Å². The number of hydrogen-bond donors (Lipinski definition) is 3. The first-order chi connectivity index (χ1) is 12.2. The molecule has 3 N–H and O–H groups in total. The minimum Gasteiger partial charge on any atom is -0.455 e. The molecule has 3 aromatic rings. The van der Waals surface area contributed by atoms with E-state index in [0.29, 0.717) is 30.2 Å². The molecule has 2 aromatic carbocycles. The number of H-pyrrole nitrogens is 1. The summed E-state index contributed by atoms with van der Waals surface area (Å²) in [5.41, 5.74) is 1.64. The summed E-state index contributed by atoms with van der Waals surface area (Å²) in [6.07, 6.45) is 2.02. The Hall–Kier alpha value is -3.35. The third-order valence-electron chi connectivity index (χ3n) is 3.47. The molecule has 0 aliphatic carbocycles. The number of amides is 2. The Kier molecular flexibility index (Phi) is 5.26. The van der Waals surface area contributed by atoms with Crippen molar-refractivity contribution in [2.75, 3.05) is 11.9 Å². The molecule has 7 heteroatoms. The van der Waals surface area contributed by atoms with Crippen LogP contribution in [0.3, 0.4) is 0 Å². The van der Waals surface area contributed by atoms with E-state index in [1.807, 2.05) is 55.5 Å². The fraction of sp³-hybridized carbons (Fsp3) is 0.167. The number of hydrogen-bond acceptors (Lipinski definition) is 4. The van der Waals surface area contributed by atoms with Crippen LogP contribution >= 0.6 is 0 Å². The Morgan fingerprint density at radius 3 is 2.80 bits per heavy atom. The van der Waals surface area contributed by atoms with Gasteiger partial charge in [0.2, 0.25) is 0 Å². The highest BCUT2D eigenvalue weighted by atomic mass is 16.5. The molecule has 0 saturated heterocycles. The molecule has 0 aliphatic heterocycles. The number of nitrogens with one attached hydrogen (secondary N) is 3. The lowest BCUT2D eigenvalue weighted by Gasteiger charge is -2.13. The summed E-state index contributed by atoms with van der Waals surface area (Å²) < 4.78 is 5.86. The van der Waals surface area contributed by atoms with Crippen molar-refractivity contribution in [3.63, 3.8) is 0 Å². The van der Waals surface area contributed by atoms with Crippen LogP contribution in [0.5, 0.6) is 11.5 Å². The van der Waals surface area contributed by atoms with Gasteiger partial charge in [0.15, 0.2) is 5.75 Å². The van der Waals surface area contributed by atoms with E-state index in [4.69, 9.17) is 4.74 Å². The number of anilines is 1. The van der Waals surface area contributed by atoms with Gasteiger partial charge >= 0.3 is 6.03 Å². The van der Waals surface area contributed by atoms with Crippen molar-refractivity contribution in [1.82, 2.24) is 20.5 Å². The molecule has 1 heterocycles. The van der Waals surface area contributed by atoms with Gasteiger partial charge in [0.05, 0.1) is 5.69 Å². The Balaban J connectivity index is 1.62. The topological polar surface area (TPSA) is 91.9 Å². The lowest BCUT2D eigenvalue weighted by molar-refractivity contribution is 0.252. The highest BCUT2D eigenvalue weighted by molar-refractivity contribution is 5.91. The lowest BCUT2D eigenvalue weighted by Crippen LogP contribution is -2.30. The molecule has 0 bridgehead atoms. The maximum absolute atomic E-state index is 12.1. The van der Waals surface area contributed by atoms with Crippen molar-refractivity contribution in [2.45, 2.75) is 13.3 Å². The van der Waals surface area contributed by atoms with Gasteiger partial charge in [0.25, 0.3) is 0 Å². The summed E-state index contributed by atoms with van der Waals surface area (Å²) in [5, 5.41) is 12.1. The van der Waals surface area contributed by atoms with Crippen molar-refractivity contribution in [3.8, 4) is 11.5 Å². The summed E-state index contributed by atoms with van der Waals surface area (Å²) in [6, 6.07) is 14.8. The number of ether oxygens (including phenoxy) is 1. The molecule has 0 unspecified atom stereocenters. The summed E-state index contributed by atoms with van der Waals surface area (Å²) in [6.45, 7) is 2.40. The largest absolute Gasteiger partial charge is 0.455 e. The molecule has 0 radical (unpaired) electrons. The second-order valence-electron chi connectivity index (χ2n) is 5.48. The van der Waals surface area contributed by atoms with Crippen LogP contribution in [0.1, 0.15) is 11.4 Å². The van der Waals surface area contributed by atoms with E-state index in [0.717, 1.165) is 11.4 Å². The van der Waals surface area contributed by atoms with Crippen LogP contribution in [0.25, 0.3) is 0 Å². The molecule has 25 heavy (non-hydrogen) atoms. The number of nitrogens with zero attached hydrogens (tertiary/aromatic N) is 2. The van der Waals surface area contributed by atoms with E-state index < -0.39 is 0 Å². The van der Waals surface area contributed by atoms with Crippen LogP contribution in [0.15, 0.2) is 54.9 Å². The summed E-state index contributed by atoms with van der Waals surface area (Å²) in [7, 11) is 0. The molecule has 128 valence electrons. The van der Waals surface area contributed by atoms with E-state index in [9.17, 15) is 4.79 Å². The first kappa shape index (κ1) is 16.5. The van der Waals surface area contributed by atoms with E-state index in [-0.39, 0.29) is 6.03 Å². The third kappa shape index (κ3) is 4.81. The standard InChI is InChI=1S/C18H19N5O2/c1-13-7-8-16(25-14-5-3-2-4-6-14)15(11-13)22-18(24)19-10-9-17-20-12-21-23-17/h2-8,11-12H,9-10H2,1H3,(H2,19,22,24)(H,20,21,23). The molecule has 0 fully saturated rings. The second-order valence-corrected chi connectivity index (χ2v) is 5.48. The predicted molar refractivity (Wildman–Crippen MR) is 94.8 cm³/mol. The molecule has 2 amide bonds. The maximum Gasteiger partial charge on any atom is 0.319 e. The van der Waals surface area contributed by atoms with Crippen molar-refractivity contribution >= 4 is 11.7 Å². The summed E-state index contributed by atoms with van der Waals surface area (Å²) >= 11 is 0. The normalized spacial score (nSPS) is 10.3. The average molecular weight is 337 g/mol. The average Bonchev–Trinajstić information content (AvgIpc) is 3.12. The van der Waals surface area contributed by atoms with Crippen LogP contribution in [0, 0.1) is 6.92 Å². The lowest BCUT2D eigenvalue weighted by atomic mass is 10.2. The molecule has 1 aromatic heterocycles. The molecule has 3 rings (SSSR count). The highest BCUT2D eigenvalue weighted by Gasteiger charge is 2.09. The molecule has 0 atom stereocenters. The van der Waals surface area contributed by atoms with Gasteiger partial charge in [-0.15, -0.1) is 0 Å². The summed E-state index contributed by atoms with van der Waals surface area (Å²) in [5.74, 6) is 2.02. The van der Waals surface area contributed by atoms with Crippen LogP contribution in [-0.4, -0.2) is 27.8 Å². The Morgan fingerprint density at radius 2 is 2.04 bits per heavy atom. The first-order valence-corrected chi connectivity index (χ1v) is 7.93. The van der Waals surface area contributed by atoms with Gasteiger partial charge in [-0.1, -0.05) is 24.3 Å². The first-order valence-electron chi connectivity index (χ1n) is 7.93. The number of benzene rings is 2. The SMILES string of the molecule is Cc1ccc(Oc2ccccc2)c(NC(=O)NCCc2ncn[nH]2)c1. The van der Waals surface area contributed by atoms with Crippen LogP contribution in [-0.2, 0) is 6.42 Å². The molecule has 0 aliphatic rings. The fourth-order valence-corrected chi connectivity index (χ4v) is 2.26. The molecular weight excluding hydrogens is 318 g/mol. The zero-order chi connectivity index (χ0) is 17.5. The van der Waals surface area contributed by atoms with Crippen molar-refractivity contribution in [2.24, 2.45) is 0 Å². The van der Waals surface area contributed by atoms with Crippen molar-refractivity contribution < 1.29 is 9.53 Å². The van der Waals surface area contributed by atoms with Gasteiger partial charge in [-0.3, -0.25) is 5.10 Å². The molecular formula is C18H19N5O2. The van der Waals surface area contributed by atoms with Gasteiger partial charge in [-0.25, -0.2) is 9.78 Å².